The van der Waals surface area contributed by atoms with E-state index in [0.717, 1.165) is 38.4 Å². The number of aromatic amines is 1. The molecule has 0 saturated carbocycles. The highest BCUT2D eigenvalue weighted by Gasteiger charge is 2.28. The number of thiazole rings is 1. The number of fused-ring (bicyclic) bond motifs is 1. The molecule has 116 valence electrons. The fraction of sp³-hybridized carbons (Fsp3) is 0.188. The van der Waals surface area contributed by atoms with Crippen LogP contribution in [0.5, 0.6) is 0 Å². The van der Waals surface area contributed by atoms with Gasteiger partial charge in [0.15, 0.2) is 0 Å². The van der Waals surface area contributed by atoms with Gasteiger partial charge in [-0.1, -0.05) is 22.0 Å². The SMILES string of the molecule is O=C1c2cccc(Br)c2CN1CCc1csc(-c2ccn[nH]2)n1. The highest BCUT2D eigenvalue weighted by Crippen LogP contribution is 2.29. The summed E-state index contributed by atoms with van der Waals surface area (Å²) in [7, 11) is 0. The Bertz CT molecular complexity index is 859. The third-order valence-electron chi connectivity index (χ3n) is 3.91. The average Bonchev–Trinajstić information content (AvgIpc) is 3.26. The number of carbonyl (C=O) groups is 1. The molecule has 1 amide bonds. The average molecular weight is 389 g/mol. The van der Waals surface area contributed by atoms with Crippen molar-refractivity contribution in [3.8, 4) is 10.7 Å². The van der Waals surface area contributed by atoms with Crippen LogP contribution in [-0.2, 0) is 13.0 Å². The Hall–Kier alpha value is -1.99. The second kappa shape index (κ2) is 5.90. The summed E-state index contributed by atoms with van der Waals surface area (Å²) in [6.07, 6.45) is 2.47. The van der Waals surface area contributed by atoms with E-state index in [1.54, 1.807) is 17.5 Å². The van der Waals surface area contributed by atoms with E-state index in [1.807, 2.05) is 34.5 Å². The lowest BCUT2D eigenvalue weighted by molar-refractivity contribution is 0.0780. The van der Waals surface area contributed by atoms with Gasteiger partial charge >= 0.3 is 0 Å². The minimum absolute atomic E-state index is 0.102. The minimum Gasteiger partial charge on any atom is -0.334 e. The Kier molecular flexibility index (Phi) is 3.74. The van der Waals surface area contributed by atoms with Gasteiger partial charge in [0.05, 0.1) is 11.4 Å². The van der Waals surface area contributed by atoms with Gasteiger partial charge in [-0.25, -0.2) is 4.98 Å². The third-order valence-corrected chi connectivity index (χ3v) is 5.57. The number of rotatable bonds is 4. The smallest absolute Gasteiger partial charge is 0.254 e. The van der Waals surface area contributed by atoms with Crippen molar-refractivity contribution < 1.29 is 4.79 Å². The number of benzene rings is 1. The normalized spacial score (nSPS) is 13.6. The molecule has 0 bridgehead atoms. The molecule has 0 saturated heterocycles. The van der Waals surface area contributed by atoms with Gasteiger partial charge in [0, 0.05) is 41.1 Å². The third kappa shape index (κ3) is 2.70. The van der Waals surface area contributed by atoms with Crippen molar-refractivity contribution in [2.75, 3.05) is 6.54 Å². The molecule has 7 heteroatoms. The van der Waals surface area contributed by atoms with Crippen molar-refractivity contribution in [2.24, 2.45) is 0 Å². The number of carbonyl (C=O) groups excluding carboxylic acids is 1. The number of nitrogens with zero attached hydrogens (tertiary/aromatic N) is 3. The van der Waals surface area contributed by atoms with Gasteiger partial charge in [0.1, 0.15) is 5.01 Å². The van der Waals surface area contributed by atoms with Crippen LogP contribution in [0.3, 0.4) is 0 Å². The van der Waals surface area contributed by atoms with Crippen LogP contribution in [0.2, 0.25) is 0 Å². The summed E-state index contributed by atoms with van der Waals surface area (Å²) in [5.74, 6) is 0.102. The fourth-order valence-electron chi connectivity index (χ4n) is 2.70. The summed E-state index contributed by atoms with van der Waals surface area (Å²) in [5.41, 5.74) is 3.81. The molecular formula is C16H13BrN4OS. The van der Waals surface area contributed by atoms with Crippen LogP contribution in [0.25, 0.3) is 10.7 Å². The van der Waals surface area contributed by atoms with E-state index in [1.165, 1.54) is 0 Å². The van der Waals surface area contributed by atoms with E-state index in [4.69, 9.17) is 0 Å². The Morgan fingerprint density at radius 3 is 3.04 bits per heavy atom. The van der Waals surface area contributed by atoms with Crippen molar-refractivity contribution in [1.29, 1.82) is 0 Å². The summed E-state index contributed by atoms with van der Waals surface area (Å²) in [6, 6.07) is 7.68. The number of nitrogens with one attached hydrogen (secondary N) is 1. The van der Waals surface area contributed by atoms with Gasteiger partial charge in [-0.3, -0.25) is 9.89 Å². The standard InChI is InChI=1S/C16H13BrN4OS/c17-13-3-1-2-11-12(13)8-21(16(11)22)7-5-10-9-23-15(19-10)14-4-6-18-20-14/h1-4,6,9H,5,7-8H2,(H,18,20). The highest BCUT2D eigenvalue weighted by atomic mass is 79.9. The molecule has 3 aromatic rings. The first-order chi connectivity index (χ1) is 11.2. The highest BCUT2D eigenvalue weighted by molar-refractivity contribution is 9.10. The summed E-state index contributed by atoms with van der Waals surface area (Å²) < 4.78 is 1.00. The lowest BCUT2D eigenvalue weighted by Gasteiger charge is -2.14. The minimum atomic E-state index is 0.102. The summed E-state index contributed by atoms with van der Waals surface area (Å²) >= 11 is 5.11. The largest absolute Gasteiger partial charge is 0.334 e. The van der Waals surface area contributed by atoms with Gasteiger partial charge in [-0.15, -0.1) is 11.3 Å². The predicted octanol–water partition coefficient (Wildman–Crippen LogP) is 3.49. The quantitative estimate of drug-likeness (QED) is 0.743. The second-order valence-corrected chi connectivity index (χ2v) is 7.07. The molecular weight excluding hydrogens is 376 g/mol. The maximum absolute atomic E-state index is 12.4. The molecule has 1 aliphatic heterocycles. The van der Waals surface area contributed by atoms with Gasteiger partial charge in [0.25, 0.3) is 5.91 Å². The fourth-order valence-corrected chi connectivity index (χ4v) is 4.02. The van der Waals surface area contributed by atoms with E-state index >= 15 is 0 Å². The van der Waals surface area contributed by atoms with Gasteiger partial charge in [-0.2, -0.15) is 5.10 Å². The van der Waals surface area contributed by atoms with Crippen molar-refractivity contribution >= 4 is 33.2 Å². The Balaban J connectivity index is 1.45. The molecule has 0 radical (unpaired) electrons. The van der Waals surface area contributed by atoms with E-state index < -0.39 is 0 Å². The Labute approximate surface area is 145 Å². The van der Waals surface area contributed by atoms with Gasteiger partial charge in [-0.05, 0) is 23.8 Å². The maximum atomic E-state index is 12.4. The van der Waals surface area contributed by atoms with Crippen LogP contribution < -0.4 is 0 Å². The summed E-state index contributed by atoms with van der Waals surface area (Å²) in [4.78, 5) is 18.9. The number of hydrogen-bond donors (Lipinski definition) is 1. The number of hydrogen-bond acceptors (Lipinski definition) is 4. The number of H-pyrrole nitrogens is 1. The van der Waals surface area contributed by atoms with E-state index in [9.17, 15) is 4.79 Å². The molecule has 23 heavy (non-hydrogen) atoms. The van der Waals surface area contributed by atoms with Crippen LogP contribution in [0, 0.1) is 0 Å². The zero-order valence-corrected chi connectivity index (χ0v) is 14.5. The van der Waals surface area contributed by atoms with Crippen LogP contribution in [0.1, 0.15) is 21.6 Å². The van der Waals surface area contributed by atoms with Crippen LogP contribution >= 0.6 is 27.3 Å². The first-order valence-corrected chi connectivity index (χ1v) is 8.90. The Morgan fingerprint density at radius 1 is 1.35 bits per heavy atom. The first-order valence-electron chi connectivity index (χ1n) is 7.23. The van der Waals surface area contributed by atoms with Crippen molar-refractivity contribution in [3.05, 3.63) is 57.1 Å². The van der Waals surface area contributed by atoms with Gasteiger partial charge < -0.3 is 4.90 Å². The van der Waals surface area contributed by atoms with Crippen LogP contribution in [0.4, 0.5) is 0 Å². The lowest BCUT2D eigenvalue weighted by atomic mass is 10.1. The first kappa shape index (κ1) is 14.6. The van der Waals surface area contributed by atoms with Gasteiger partial charge in [0.2, 0.25) is 0 Å². The van der Waals surface area contributed by atoms with Crippen molar-refractivity contribution in [2.45, 2.75) is 13.0 Å². The molecule has 1 N–H and O–H groups in total. The molecule has 3 heterocycles. The predicted molar refractivity (Wildman–Crippen MR) is 92.3 cm³/mol. The van der Waals surface area contributed by atoms with Crippen LogP contribution in [-0.4, -0.2) is 32.5 Å². The Morgan fingerprint density at radius 2 is 2.26 bits per heavy atom. The lowest BCUT2D eigenvalue weighted by Crippen LogP contribution is -2.26. The molecule has 0 atom stereocenters. The molecule has 0 spiro atoms. The molecule has 0 unspecified atom stereocenters. The zero-order chi connectivity index (χ0) is 15.8. The molecule has 0 fully saturated rings. The molecule has 4 rings (SSSR count). The summed E-state index contributed by atoms with van der Waals surface area (Å²) in [6.45, 7) is 1.33. The topological polar surface area (TPSA) is 61.9 Å². The maximum Gasteiger partial charge on any atom is 0.254 e. The van der Waals surface area contributed by atoms with E-state index in [-0.39, 0.29) is 5.91 Å². The van der Waals surface area contributed by atoms with Crippen LogP contribution in [0.15, 0.2) is 40.3 Å². The second-order valence-electron chi connectivity index (χ2n) is 5.36. The number of amides is 1. The van der Waals surface area contributed by atoms with E-state index in [2.05, 4.69) is 31.1 Å². The molecule has 1 aromatic carbocycles. The van der Waals surface area contributed by atoms with E-state index in [0.29, 0.717) is 13.1 Å². The summed E-state index contributed by atoms with van der Waals surface area (Å²) in [5, 5.41) is 9.83. The van der Waals surface area contributed by atoms with Crippen molar-refractivity contribution in [3.63, 3.8) is 0 Å². The molecule has 0 aliphatic carbocycles. The number of aromatic nitrogens is 3. The zero-order valence-electron chi connectivity index (χ0n) is 12.1. The van der Waals surface area contributed by atoms with Crippen molar-refractivity contribution in [1.82, 2.24) is 20.1 Å². The molecule has 2 aromatic heterocycles. The molecule has 5 nitrogen and oxygen atoms in total. The monoisotopic (exact) mass is 388 g/mol. The molecule has 1 aliphatic rings. The number of halogens is 1.